The average Bonchev–Trinajstić information content (AvgIpc) is 3.39. The van der Waals surface area contributed by atoms with Crippen molar-refractivity contribution in [3.63, 3.8) is 0 Å². The van der Waals surface area contributed by atoms with Crippen molar-refractivity contribution in [1.29, 1.82) is 0 Å². The van der Waals surface area contributed by atoms with Crippen molar-refractivity contribution in [3.05, 3.63) is 47.8 Å². The lowest BCUT2D eigenvalue weighted by Crippen LogP contribution is -2.38. The SMILES string of the molecule is Cn1c([C@@H](NC(=O)c2cnc(C(F)F)cn2)[C@H]2CCCO2)nc2cc(OC(F)(F)F)ccc21. The molecule has 2 atom stereocenters. The Morgan fingerprint density at radius 3 is 2.67 bits per heavy atom. The van der Waals surface area contributed by atoms with E-state index in [2.05, 4.69) is 25.0 Å². The minimum absolute atomic E-state index is 0.179. The fraction of sp³-hybridized carbons (Fsp3) is 0.400. The van der Waals surface area contributed by atoms with Gasteiger partial charge >= 0.3 is 6.36 Å². The zero-order valence-electron chi connectivity index (χ0n) is 17.1. The van der Waals surface area contributed by atoms with Crippen LogP contribution < -0.4 is 10.1 Å². The van der Waals surface area contributed by atoms with Crippen molar-refractivity contribution in [2.75, 3.05) is 6.61 Å². The van der Waals surface area contributed by atoms with Gasteiger partial charge in [-0.25, -0.2) is 18.7 Å². The summed E-state index contributed by atoms with van der Waals surface area (Å²) in [5.41, 5.74) is 0.00176. The molecule has 1 fully saturated rings. The molecule has 0 aliphatic carbocycles. The minimum Gasteiger partial charge on any atom is -0.406 e. The van der Waals surface area contributed by atoms with E-state index < -0.39 is 42.3 Å². The first-order valence-corrected chi connectivity index (χ1v) is 9.87. The predicted molar refractivity (Wildman–Crippen MR) is 104 cm³/mol. The Bertz CT molecular complexity index is 1140. The number of nitrogens with one attached hydrogen (secondary N) is 1. The molecule has 1 aliphatic heterocycles. The number of hydrogen-bond acceptors (Lipinski definition) is 6. The van der Waals surface area contributed by atoms with Gasteiger partial charge < -0.3 is 19.4 Å². The summed E-state index contributed by atoms with van der Waals surface area (Å²) in [7, 11) is 1.65. The second-order valence-electron chi connectivity index (χ2n) is 7.36. The zero-order chi connectivity index (χ0) is 23.8. The van der Waals surface area contributed by atoms with Crippen molar-refractivity contribution >= 4 is 16.9 Å². The number of aryl methyl sites for hydroxylation is 1. The summed E-state index contributed by atoms with van der Waals surface area (Å²) in [6.07, 6.45) is -5.01. The number of benzene rings is 1. The Kier molecular flexibility index (Phi) is 6.15. The Morgan fingerprint density at radius 1 is 1.27 bits per heavy atom. The van der Waals surface area contributed by atoms with E-state index in [1.54, 1.807) is 11.6 Å². The van der Waals surface area contributed by atoms with Crippen LogP contribution in [0.2, 0.25) is 0 Å². The van der Waals surface area contributed by atoms with Crippen LogP contribution in [0.5, 0.6) is 5.75 Å². The van der Waals surface area contributed by atoms with Crippen LogP contribution in [0.15, 0.2) is 30.6 Å². The number of rotatable bonds is 6. The molecule has 176 valence electrons. The van der Waals surface area contributed by atoms with Crippen LogP contribution in [0, 0.1) is 0 Å². The van der Waals surface area contributed by atoms with Gasteiger partial charge in [0.2, 0.25) is 0 Å². The Morgan fingerprint density at radius 2 is 2.06 bits per heavy atom. The quantitative estimate of drug-likeness (QED) is 0.550. The molecule has 2 aromatic heterocycles. The molecule has 1 saturated heterocycles. The third-order valence-electron chi connectivity index (χ3n) is 5.15. The van der Waals surface area contributed by atoms with Crippen molar-refractivity contribution in [3.8, 4) is 5.75 Å². The number of fused-ring (bicyclic) bond motifs is 1. The van der Waals surface area contributed by atoms with Crippen molar-refractivity contribution in [2.24, 2.45) is 7.05 Å². The molecule has 0 saturated carbocycles. The van der Waals surface area contributed by atoms with E-state index in [1.165, 1.54) is 12.1 Å². The summed E-state index contributed by atoms with van der Waals surface area (Å²) in [4.78, 5) is 24.5. The van der Waals surface area contributed by atoms with Gasteiger partial charge in [0.1, 0.15) is 29.0 Å². The second kappa shape index (κ2) is 8.89. The van der Waals surface area contributed by atoms with Crippen LogP contribution >= 0.6 is 0 Å². The smallest absolute Gasteiger partial charge is 0.406 e. The molecule has 1 amide bonds. The molecule has 1 N–H and O–H groups in total. The van der Waals surface area contributed by atoms with Gasteiger partial charge in [-0.1, -0.05) is 0 Å². The summed E-state index contributed by atoms with van der Waals surface area (Å²) in [5, 5.41) is 2.75. The monoisotopic (exact) mass is 471 g/mol. The van der Waals surface area contributed by atoms with Gasteiger partial charge in [0.05, 0.1) is 29.5 Å². The molecule has 3 heterocycles. The normalized spacial score (nSPS) is 17.5. The topological polar surface area (TPSA) is 91.2 Å². The molecule has 8 nitrogen and oxygen atoms in total. The van der Waals surface area contributed by atoms with Gasteiger partial charge in [0.25, 0.3) is 12.3 Å². The van der Waals surface area contributed by atoms with E-state index in [0.29, 0.717) is 24.4 Å². The molecule has 13 heteroatoms. The average molecular weight is 471 g/mol. The van der Waals surface area contributed by atoms with Crippen LogP contribution in [0.4, 0.5) is 22.0 Å². The van der Waals surface area contributed by atoms with Crippen LogP contribution in [0.1, 0.15) is 47.3 Å². The van der Waals surface area contributed by atoms with Gasteiger partial charge in [-0.2, -0.15) is 0 Å². The number of ether oxygens (including phenoxy) is 2. The van der Waals surface area contributed by atoms with Crippen molar-refractivity contribution in [2.45, 2.75) is 37.8 Å². The standard InChI is InChI=1S/C20H18F5N5O3/c1-30-14-5-4-10(33-20(23,24)25)7-11(14)28-18(30)16(15-3-2-6-32-15)29-19(31)13-9-26-12(8-27-13)17(21)22/h4-5,7-9,15-17H,2-3,6H2,1H3,(H,29,31)/t15-,16+/m1/s1. The highest BCUT2D eigenvalue weighted by molar-refractivity contribution is 5.92. The van der Waals surface area contributed by atoms with Gasteiger partial charge in [0, 0.05) is 19.7 Å². The number of nitrogens with zero attached hydrogens (tertiary/aromatic N) is 4. The summed E-state index contributed by atoms with van der Waals surface area (Å²) < 4.78 is 74.4. The molecule has 0 unspecified atom stereocenters. The number of amides is 1. The van der Waals surface area contributed by atoms with Crippen LogP contribution in [0.3, 0.4) is 0 Å². The van der Waals surface area contributed by atoms with E-state index in [-0.39, 0.29) is 11.2 Å². The van der Waals surface area contributed by atoms with Gasteiger partial charge in [-0.3, -0.25) is 9.78 Å². The number of hydrogen-bond donors (Lipinski definition) is 1. The van der Waals surface area contributed by atoms with E-state index >= 15 is 0 Å². The zero-order valence-corrected chi connectivity index (χ0v) is 17.1. The lowest BCUT2D eigenvalue weighted by Gasteiger charge is -2.23. The fourth-order valence-corrected chi connectivity index (χ4v) is 3.65. The van der Waals surface area contributed by atoms with E-state index in [9.17, 15) is 26.7 Å². The number of imidazole rings is 1. The maximum atomic E-state index is 12.8. The summed E-state index contributed by atoms with van der Waals surface area (Å²) in [6.45, 7) is 0.466. The largest absolute Gasteiger partial charge is 0.573 e. The molecular formula is C20H18F5N5O3. The molecule has 1 aromatic carbocycles. The first-order valence-electron chi connectivity index (χ1n) is 9.87. The number of halogens is 5. The highest BCUT2D eigenvalue weighted by atomic mass is 19.4. The Balaban J connectivity index is 1.65. The third kappa shape index (κ3) is 5.02. The number of carbonyl (C=O) groups is 1. The van der Waals surface area contributed by atoms with Gasteiger partial charge in [-0.05, 0) is 25.0 Å². The maximum absolute atomic E-state index is 12.8. The first kappa shape index (κ1) is 22.8. The van der Waals surface area contributed by atoms with Crippen molar-refractivity contribution < 1.29 is 36.2 Å². The molecule has 3 aromatic rings. The van der Waals surface area contributed by atoms with Crippen LogP contribution in [-0.4, -0.2) is 44.5 Å². The van der Waals surface area contributed by atoms with Crippen molar-refractivity contribution in [1.82, 2.24) is 24.8 Å². The first-order chi connectivity index (χ1) is 15.6. The molecule has 0 radical (unpaired) electrons. The van der Waals surface area contributed by atoms with Crippen LogP contribution in [-0.2, 0) is 11.8 Å². The fourth-order valence-electron chi connectivity index (χ4n) is 3.65. The molecule has 0 spiro atoms. The summed E-state index contributed by atoms with van der Waals surface area (Å²) >= 11 is 0. The van der Waals surface area contributed by atoms with E-state index in [1.807, 2.05) is 0 Å². The molecular weight excluding hydrogens is 453 g/mol. The van der Waals surface area contributed by atoms with Crippen LogP contribution in [0.25, 0.3) is 11.0 Å². The maximum Gasteiger partial charge on any atom is 0.573 e. The Hall–Kier alpha value is -3.35. The molecule has 4 rings (SSSR count). The van der Waals surface area contributed by atoms with Gasteiger partial charge in [-0.15, -0.1) is 13.2 Å². The molecule has 0 bridgehead atoms. The third-order valence-corrected chi connectivity index (χ3v) is 5.15. The number of aromatic nitrogens is 4. The van der Waals surface area contributed by atoms with E-state index in [4.69, 9.17) is 4.74 Å². The minimum atomic E-state index is -4.85. The lowest BCUT2D eigenvalue weighted by atomic mass is 10.1. The number of carbonyl (C=O) groups excluding carboxylic acids is 1. The predicted octanol–water partition coefficient (Wildman–Crippen LogP) is 3.85. The summed E-state index contributed by atoms with van der Waals surface area (Å²) in [6, 6.07) is 2.97. The molecule has 33 heavy (non-hydrogen) atoms. The highest BCUT2D eigenvalue weighted by Gasteiger charge is 2.34. The Labute approximate surface area is 183 Å². The van der Waals surface area contributed by atoms with E-state index in [0.717, 1.165) is 24.9 Å². The highest BCUT2D eigenvalue weighted by Crippen LogP contribution is 2.31. The van der Waals surface area contributed by atoms with Gasteiger partial charge in [0.15, 0.2) is 0 Å². The summed E-state index contributed by atoms with van der Waals surface area (Å²) in [5.74, 6) is -0.768. The lowest BCUT2D eigenvalue weighted by molar-refractivity contribution is -0.274. The second-order valence-corrected chi connectivity index (χ2v) is 7.36. The molecule has 1 aliphatic rings. The number of alkyl halides is 5.